The number of hydrogen-bond donors (Lipinski definition) is 1. The molecule has 120 valence electrons. The van der Waals surface area contributed by atoms with Crippen LogP contribution >= 0.6 is 0 Å². The van der Waals surface area contributed by atoms with E-state index in [0.29, 0.717) is 6.42 Å². The minimum Gasteiger partial charge on any atom is -0.478 e. The molecule has 2 aliphatic rings. The van der Waals surface area contributed by atoms with Crippen molar-refractivity contribution in [1.82, 2.24) is 4.31 Å². The van der Waals surface area contributed by atoms with Crippen molar-refractivity contribution in [3.63, 3.8) is 0 Å². The van der Waals surface area contributed by atoms with Gasteiger partial charge in [0.1, 0.15) is 0 Å². The summed E-state index contributed by atoms with van der Waals surface area (Å²) in [5.74, 6) is -1.08. The summed E-state index contributed by atoms with van der Waals surface area (Å²) in [6.07, 6.45) is 4.12. The summed E-state index contributed by atoms with van der Waals surface area (Å²) in [6.45, 7) is 3.74. The van der Waals surface area contributed by atoms with Gasteiger partial charge >= 0.3 is 5.97 Å². The summed E-state index contributed by atoms with van der Waals surface area (Å²) in [4.78, 5) is 11.5. The molecule has 1 aromatic carbocycles. The van der Waals surface area contributed by atoms with Gasteiger partial charge in [0.15, 0.2) is 0 Å². The molecule has 0 spiro atoms. The molecule has 0 amide bonds. The Balaban J connectivity index is 2.16. The zero-order valence-corrected chi connectivity index (χ0v) is 13.7. The van der Waals surface area contributed by atoms with Crippen LogP contribution in [0.1, 0.15) is 54.6 Å². The van der Waals surface area contributed by atoms with Gasteiger partial charge in [0.2, 0.25) is 10.0 Å². The number of carboxylic acid groups (broad SMARTS) is 1. The van der Waals surface area contributed by atoms with Gasteiger partial charge in [-0.25, -0.2) is 13.2 Å². The molecule has 0 atom stereocenters. The first-order chi connectivity index (χ1) is 10.3. The van der Waals surface area contributed by atoms with Gasteiger partial charge < -0.3 is 5.11 Å². The number of carboxylic acids is 1. The van der Waals surface area contributed by atoms with Crippen molar-refractivity contribution in [2.24, 2.45) is 0 Å². The maximum atomic E-state index is 13.1. The average Bonchev–Trinajstić information content (AvgIpc) is 3.12. The van der Waals surface area contributed by atoms with Gasteiger partial charge in [-0.3, -0.25) is 0 Å². The molecule has 0 radical (unpaired) electrons. The van der Waals surface area contributed by atoms with Gasteiger partial charge in [0.25, 0.3) is 0 Å². The lowest BCUT2D eigenvalue weighted by molar-refractivity contribution is 0.0696. The molecule has 1 fully saturated rings. The number of aryl methyl sites for hydroxylation is 1. The number of carbonyl (C=O) groups is 1. The minimum atomic E-state index is -3.65. The molecule has 0 aliphatic heterocycles. The molecule has 0 heterocycles. The van der Waals surface area contributed by atoms with Crippen LogP contribution in [0.4, 0.5) is 0 Å². The maximum Gasteiger partial charge on any atom is 0.335 e. The van der Waals surface area contributed by atoms with E-state index in [1.807, 2.05) is 13.8 Å². The molecule has 5 nitrogen and oxygen atoms in total. The third kappa shape index (κ3) is 2.54. The molecule has 2 aliphatic carbocycles. The fourth-order valence-corrected chi connectivity index (χ4v) is 5.56. The molecule has 1 N–H and O–H groups in total. The fourth-order valence-electron chi connectivity index (χ4n) is 3.36. The summed E-state index contributed by atoms with van der Waals surface area (Å²) in [7, 11) is -3.65. The van der Waals surface area contributed by atoms with Gasteiger partial charge in [-0.05, 0) is 69.2 Å². The highest BCUT2D eigenvalue weighted by Crippen LogP contribution is 2.37. The van der Waals surface area contributed by atoms with Crippen molar-refractivity contribution in [3.05, 3.63) is 28.8 Å². The molecule has 3 rings (SSSR count). The van der Waals surface area contributed by atoms with E-state index in [0.717, 1.165) is 36.8 Å². The summed E-state index contributed by atoms with van der Waals surface area (Å²) in [6, 6.07) is 2.92. The second-order valence-corrected chi connectivity index (χ2v) is 8.24. The standard InChI is InChI=1S/C16H21NO4S/c1-10(2)17(13-6-7-13)22(20,21)15-9-12(16(18)19)8-11-4-3-5-14(11)15/h8-10,13H,3-7H2,1-2H3,(H,18,19). The van der Waals surface area contributed by atoms with Gasteiger partial charge in [-0.15, -0.1) is 0 Å². The fraction of sp³-hybridized carbons (Fsp3) is 0.562. The first-order valence-electron chi connectivity index (χ1n) is 7.75. The second kappa shape index (κ2) is 5.35. The van der Waals surface area contributed by atoms with Gasteiger partial charge in [0.05, 0.1) is 10.5 Å². The topological polar surface area (TPSA) is 74.7 Å². The zero-order valence-electron chi connectivity index (χ0n) is 12.9. The van der Waals surface area contributed by atoms with E-state index in [4.69, 9.17) is 0 Å². The summed E-state index contributed by atoms with van der Waals surface area (Å²) >= 11 is 0. The Morgan fingerprint density at radius 3 is 2.50 bits per heavy atom. The highest BCUT2D eigenvalue weighted by molar-refractivity contribution is 7.89. The van der Waals surface area contributed by atoms with Gasteiger partial charge in [-0.2, -0.15) is 4.31 Å². The average molecular weight is 323 g/mol. The Kier molecular flexibility index (Phi) is 3.77. The van der Waals surface area contributed by atoms with Crippen LogP contribution in [0, 0.1) is 0 Å². The smallest absolute Gasteiger partial charge is 0.335 e. The Morgan fingerprint density at radius 1 is 1.27 bits per heavy atom. The van der Waals surface area contributed by atoms with Crippen molar-refractivity contribution < 1.29 is 18.3 Å². The lowest BCUT2D eigenvalue weighted by atomic mass is 10.1. The van der Waals surface area contributed by atoms with E-state index in [-0.39, 0.29) is 22.5 Å². The number of fused-ring (bicyclic) bond motifs is 1. The van der Waals surface area contributed by atoms with E-state index in [9.17, 15) is 18.3 Å². The van der Waals surface area contributed by atoms with Crippen molar-refractivity contribution >= 4 is 16.0 Å². The maximum absolute atomic E-state index is 13.1. The predicted octanol–water partition coefficient (Wildman–Crippen LogP) is 2.44. The summed E-state index contributed by atoms with van der Waals surface area (Å²) in [5.41, 5.74) is 1.76. The second-order valence-electron chi connectivity index (χ2n) is 6.43. The van der Waals surface area contributed by atoms with E-state index in [2.05, 4.69) is 0 Å². The third-order valence-electron chi connectivity index (χ3n) is 4.39. The molecule has 1 aromatic rings. The normalized spacial score (nSPS) is 18.0. The lowest BCUT2D eigenvalue weighted by Gasteiger charge is -2.27. The Hall–Kier alpha value is -1.40. The molecule has 0 bridgehead atoms. The molecular formula is C16H21NO4S. The third-order valence-corrected chi connectivity index (χ3v) is 6.59. The first-order valence-corrected chi connectivity index (χ1v) is 9.19. The number of rotatable bonds is 5. The quantitative estimate of drug-likeness (QED) is 0.903. The van der Waals surface area contributed by atoms with Crippen LogP contribution in [0.5, 0.6) is 0 Å². The van der Waals surface area contributed by atoms with E-state index < -0.39 is 16.0 Å². The number of nitrogens with zero attached hydrogens (tertiary/aromatic N) is 1. The molecule has 0 aromatic heterocycles. The molecule has 22 heavy (non-hydrogen) atoms. The Labute approximate surface area is 131 Å². The van der Waals surface area contributed by atoms with Gasteiger partial charge in [-0.1, -0.05) is 0 Å². The monoisotopic (exact) mass is 323 g/mol. The van der Waals surface area contributed by atoms with Crippen molar-refractivity contribution in [3.8, 4) is 0 Å². The van der Waals surface area contributed by atoms with E-state index in [1.165, 1.54) is 6.07 Å². The van der Waals surface area contributed by atoms with Crippen LogP contribution in [0.25, 0.3) is 0 Å². The van der Waals surface area contributed by atoms with Crippen LogP contribution in [0.3, 0.4) is 0 Å². The Morgan fingerprint density at radius 2 is 1.95 bits per heavy atom. The van der Waals surface area contributed by atoms with Crippen LogP contribution in [-0.2, 0) is 22.9 Å². The molecule has 1 saturated carbocycles. The molecule has 0 unspecified atom stereocenters. The van der Waals surface area contributed by atoms with Gasteiger partial charge in [0, 0.05) is 12.1 Å². The minimum absolute atomic E-state index is 0.0653. The van der Waals surface area contributed by atoms with E-state index >= 15 is 0 Å². The van der Waals surface area contributed by atoms with Crippen LogP contribution in [0.2, 0.25) is 0 Å². The largest absolute Gasteiger partial charge is 0.478 e. The molecular weight excluding hydrogens is 302 g/mol. The van der Waals surface area contributed by atoms with Crippen molar-refractivity contribution in [2.45, 2.75) is 62.9 Å². The number of hydrogen-bond acceptors (Lipinski definition) is 3. The Bertz CT molecular complexity index is 718. The van der Waals surface area contributed by atoms with Crippen molar-refractivity contribution in [2.75, 3.05) is 0 Å². The number of sulfonamides is 1. The summed E-state index contributed by atoms with van der Waals surface area (Å²) in [5, 5.41) is 9.27. The highest BCUT2D eigenvalue weighted by Gasteiger charge is 2.41. The van der Waals surface area contributed by atoms with Crippen LogP contribution in [-0.4, -0.2) is 35.9 Å². The molecule has 0 saturated heterocycles. The molecule has 6 heteroatoms. The highest BCUT2D eigenvalue weighted by atomic mass is 32.2. The van der Waals surface area contributed by atoms with E-state index in [1.54, 1.807) is 10.4 Å². The predicted molar refractivity (Wildman–Crippen MR) is 82.6 cm³/mol. The SMILES string of the molecule is CC(C)N(C1CC1)S(=O)(=O)c1cc(C(=O)O)cc2c1CCC2. The van der Waals surface area contributed by atoms with Crippen LogP contribution in [0.15, 0.2) is 17.0 Å². The zero-order chi connectivity index (χ0) is 16.1. The van der Waals surface area contributed by atoms with Crippen LogP contribution < -0.4 is 0 Å². The first kappa shape index (κ1) is 15.5. The number of benzene rings is 1. The summed E-state index contributed by atoms with van der Waals surface area (Å²) < 4.78 is 27.8. The van der Waals surface area contributed by atoms with Crippen molar-refractivity contribution in [1.29, 1.82) is 0 Å². The number of aromatic carboxylic acids is 1. The lowest BCUT2D eigenvalue weighted by Crippen LogP contribution is -2.39.